The molecule has 0 radical (unpaired) electrons. The Hall–Kier alpha value is -1.42. The van der Waals surface area contributed by atoms with E-state index in [4.69, 9.17) is 5.73 Å². The molecule has 3 nitrogen and oxygen atoms in total. The van der Waals surface area contributed by atoms with Crippen LogP contribution < -0.4 is 5.73 Å². The van der Waals surface area contributed by atoms with Crippen LogP contribution in [-0.2, 0) is 0 Å². The first-order chi connectivity index (χ1) is 5.79. The maximum atomic E-state index is 10.9. The van der Waals surface area contributed by atoms with Crippen LogP contribution in [0.25, 0.3) is 10.2 Å². The average molecular weight is 179 g/mol. The fourth-order valence-corrected chi connectivity index (χ4v) is 2.38. The lowest BCUT2D eigenvalue weighted by Crippen LogP contribution is -2.02. The number of nitrogens with zero attached hydrogens (tertiary/aromatic N) is 1. The van der Waals surface area contributed by atoms with Crippen LogP contribution in [0.3, 0.4) is 0 Å². The zero-order valence-electron chi connectivity index (χ0n) is 6.23. The van der Waals surface area contributed by atoms with Crippen molar-refractivity contribution in [2.45, 2.75) is 0 Å². The number of fused-ring (bicyclic) bond motifs is 1. The standard InChI is InChI=1S/C8H6N2OS/c9-8(11)12-5-3-6-2-1-4-10-7(6)12/h1-5H,(H-,9,11)/p+1. The molecule has 4 heteroatoms. The Bertz CT molecular complexity index is 435. The van der Waals surface area contributed by atoms with E-state index in [-0.39, 0.29) is 5.24 Å². The van der Waals surface area contributed by atoms with Crippen LogP contribution in [0.15, 0.2) is 29.8 Å². The molecule has 0 bridgehead atoms. The van der Waals surface area contributed by atoms with E-state index < -0.39 is 10.5 Å². The van der Waals surface area contributed by atoms with Crippen LogP contribution in [0.4, 0.5) is 4.79 Å². The van der Waals surface area contributed by atoms with Crippen molar-refractivity contribution in [3.05, 3.63) is 29.8 Å². The number of thiophene rings is 1. The SMILES string of the molecule is NC(=O)[s+]1ccc2cccnc21. The number of amides is 1. The summed E-state index contributed by atoms with van der Waals surface area (Å²) < 4.78 is 0. The van der Waals surface area contributed by atoms with Gasteiger partial charge in [-0.25, -0.2) is 9.78 Å². The van der Waals surface area contributed by atoms with Gasteiger partial charge < -0.3 is 5.73 Å². The fraction of sp³-hybridized carbons (Fsp3) is 0. The van der Waals surface area contributed by atoms with Crippen molar-refractivity contribution in [2.24, 2.45) is 5.73 Å². The van der Waals surface area contributed by atoms with Gasteiger partial charge in [-0.15, -0.1) is 0 Å². The van der Waals surface area contributed by atoms with E-state index in [9.17, 15) is 4.79 Å². The molecule has 0 fully saturated rings. The Morgan fingerprint density at radius 3 is 3.08 bits per heavy atom. The number of hydrogen-bond acceptors (Lipinski definition) is 2. The topological polar surface area (TPSA) is 56.0 Å². The molecule has 2 N–H and O–H groups in total. The molecule has 0 saturated heterocycles. The van der Waals surface area contributed by atoms with Gasteiger partial charge in [0, 0.05) is 12.3 Å². The number of carbonyl (C=O) groups is 1. The minimum atomic E-state index is -0.607. The van der Waals surface area contributed by atoms with Gasteiger partial charge in [0.15, 0.2) is 5.38 Å². The van der Waals surface area contributed by atoms with Gasteiger partial charge in [-0.1, -0.05) is 0 Å². The number of carbonyl (C=O) groups excluding carboxylic acids is 1. The lowest BCUT2D eigenvalue weighted by atomic mass is 10.4. The lowest BCUT2D eigenvalue weighted by molar-refractivity contribution is 0.266. The van der Waals surface area contributed by atoms with E-state index in [0.717, 1.165) is 10.2 Å². The zero-order valence-corrected chi connectivity index (χ0v) is 7.04. The van der Waals surface area contributed by atoms with Crippen molar-refractivity contribution in [1.29, 1.82) is 0 Å². The minimum absolute atomic E-state index is 0.316. The van der Waals surface area contributed by atoms with Crippen molar-refractivity contribution in [3.8, 4) is 0 Å². The summed E-state index contributed by atoms with van der Waals surface area (Å²) in [4.78, 5) is 15.8. The molecule has 0 aromatic carbocycles. The molecule has 0 aliphatic carbocycles. The second-order valence-corrected chi connectivity index (χ2v) is 4.09. The average Bonchev–Trinajstić information content (AvgIpc) is 2.47. The normalized spacial score (nSPS) is 11.8. The van der Waals surface area contributed by atoms with E-state index in [2.05, 4.69) is 4.98 Å². The number of rotatable bonds is 1. The lowest BCUT2D eigenvalue weighted by Gasteiger charge is -1.81. The molecule has 0 saturated carbocycles. The van der Waals surface area contributed by atoms with Gasteiger partial charge in [-0.2, -0.15) is 0 Å². The van der Waals surface area contributed by atoms with Crippen molar-refractivity contribution in [2.75, 3.05) is 0 Å². The highest BCUT2D eigenvalue weighted by atomic mass is 32.2. The molecule has 1 amide bonds. The fourth-order valence-electron chi connectivity index (χ4n) is 1.08. The summed E-state index contributed by atoms with van der Waals surface area (Å²) in [6.07, 6.45) is 1.68. The van der Waals surface area contributed by atoms with Crippen LogP contribution in [0.2, 0.25) is 0 Å². The van der Waals surface area contributed by atoms with E-state index in [1.807, 2.05) is 18.2 Å². The molecule has 1 unspecified atom stereocenters. The quantitative estimate of drug-likeness (QED) is 0.680. The van der Waals surface area contributed by atoms with Crippen molar-refractivity contribution >= 4 is 25.9 Å². The van der Waals surface area contributed by atoms with Crippen LogP contribution in [0.1, 0.15) is 0 Å². The second kappa shape index (κ2) is 2.57. The molecule has 1 atom stereocenters. The Kier molecular flexibility index (Phi) is 1.55. The predicted molar refractivity (Wildman–Crippen MR) is 49.2 cm³/mol. The molecule has 2 aromatic rings. The molecule has 12 heavy (non-hydrogen) atoms. The number of primary amides is 1. The first-order valence-electron chi connectivity index (χ1n) is 3.45. The first-order valence-corrected chi connectivity index (χ1v) is 4.73. The summed E-state index contributed by atoms with van der Waals surface area (Å²) >= 11 is 0. The first kappa shape index (κ1) is 7.24. The monoisotopic (exact) mass is 179 g/mol. The smallest absolute Gasteiger partial charge is 0.320 e. The highest BCUT2D eigenvalue weighted by Gasteiger charge is 2.18. The van der Waals surface area contributed by atoms with Gasteiger partial charge in [0.2, 0.25) is 0 Å². The minimum Gasteiger partial charge on any atom is -0.320 e. The van der Waals surface area contributed by atoms with E-state index in [0.29, 0.717) is 0 Å². The Morgan fingerprint density at radius 1 is 1.50 bits per heavy atom. The molecule has 60 valence electrons. The van der Waals surface area contributed by atoms with Gasteiger partial charge in [0.1, 0.15) is 10.5 Å². The van der Waals surface area contributed by atoms with Crippen molar-refractivity contribution < 1.29 is 4.79 Å². The van der Waals surface area contributed by atoms with Gasteiger partial charge in [-0.3, -0.25) is 0 Å². The summed E-state index contributed by atoms with van der Waals surface area (Å²) in [5.74, 6) is 0. The van der Waals surface area contributed by atoms with E-state index >= 15 is 0 Å². The van der Waals surface area contributed by atoms with Gasteiger partial charge >= 0.3 is 5.24 Å². The van der Waals surface area contributed by atoms with Crippen molar-refractivity contribution in [3.63, 3.8) is 0 Å². The zero-order chi connectivity index (χ0) is 8.55. The summed E-state index contributed by atoms with van der Waals surface area (Å²) in [7, 11) is -0.607. The summed E-state index contributed by atoms with van der Waals surface area (Å²) in [5.41, 5.74) is 5.19. The Morgan fingerprint density at radius 2 is 2.33 bits per heavy atom. The summed E-state index contributed by atoms with van der Waals surface area (Å²) in [6, 6.07) is 5.65. The molecule has 0 aliphatic rings. The highest BCUT2D eigenvalue weighted by Crippen LogP contribution is 2.28. The number of nitrogens with two attached hydrogens (primary N) is 1. The molecule has 0 spiro atoms. The maximum absolute atomic E-state index is 10.9. The second-order valence-electron chi connectivity index (χ2n) is 2.36. The Balaban J connectivity index is 2.79. The third-order valence-corrected chi connectivity index (χ3v) is 3.21. The van der Waals surface area contributed by atoms with E-state index in [1.54, 1.807) is 11.6 Å². The Labute approximate surface area is 71.8 Å². The molecule has 2 rings (SSSR count). The molecular formula is C8H7N2OS+. The highest BCUT2D eigenvalue weighted by molar-refractivity contribution is 7.54. The third-order valence-electron chi connectivity index (χ3n) is 1.61. The van der Waals surface area contributed by atoms with Gasteiger partial charge in [-0.05, 0) is 12.1 Å². The number of aromatic nitrogens is 1. The van der Waals surface area contributed by atoms with Crippen LogP contribution >= 0.6 is 10.5 Å². The molecule has 2 aromatic heterocycles. The number of hydrogen-bond donors (Lipinski definition) is 1. The van der Waals surface area contributed by atoms with Crippen LogP contribution in [0, 0.1) is 0 Å². The van der Waals surface area contributed by atoms with Crippen LogP contribution in [0.5, 0.6) is 0 Å². The van der Waals surface area contributed by atoms with Gasteiger partial charge in [0.25, 0.3) is 4.83 Å². The van der Waals surface area contributed by atoms with E-state index in [1.165, 1.54) is 0 Å². The molecular weight excluding hydrogens is 172 g/mol. The van der Waals surface area contributed by atoms with Crippen LogP contribution in [-0.4, -0.2) is 10.2 Å². The van der Waals surface area contributed by atoms with Gasteiger partial charge in [0.05, 0.1) is 5.39 Å². The largest absolute Gasteiger partial charge is 0.455 e. The predicted octanol–water partition coefficient (Wildman–Crippen LogP) is 1.91. The summed E-state index contributed by atoms with van der Waals surface area (Å²) in [5, 5.41) is 2.49. The molecule has 0 aliphatic heterocycles. The maximum Gasteiger partial charge on any atom is 0.455 e. The third kappa shape index (κ3) is 0.967. The van der Waals surface area contributed by atoms with Crippen molar-refractivity contribution in [1.82, 2.24) is 4.98 Å². The summed E-state index contributed by atoms with van der Waals surface area (Å²) in [6.45, 7) is 0. The number of pyridine rings is 1. The molecule has 2 heterocycles.